The highest BCUT2D eigenvalue weighted by atomic mass is 16.5. The molecular formula is C25H24N6O3. The Morgan fingerprint density at radius 3 is 2.68 bits per heavy atom. The van der Waals surface area contributed by atoms with Crippen molar-refractivity contribution in [1.29, 1.82) is 0 Å². The van der Waals surface area contributed by atoms with E-state index in [1.165, 1.54) is 30.6 Å². The van der Waals surface area contributed by atoms with E-state index in [-0.39, 0.29) is 11.5 Å². The molecule has 1 aliphatic rings. The van der Waals surface area contributed by atoms with Crippen LogP contribution in [0.5, 0.6) is 0 Å². The number of nitrogens with one attached hydrogen (secondary N) is 3. The maximum Gasteiger partial charge on any atom is 0.277 e. The summed E-state index contributed by atoms with van der Waals surface area (Å²) in [5.41, 5.74) is 8.52. The van der Waals surface area contributed by atoms with Crippen molar-refractivity contribution in [1.82, 2.24) is 25.7 Å². The van der Waals surface area contributed by atoms with Gasteiger partial charge in [-0.1, -0.05) is 24.3 Å². The Hall–Kier alpha value is -4.24. The summed E-state index contributed by atoms with van der Waals surface area (Å²) in [4.78, 5) is 37.1. The van der Waals surface area contributed by atoms with Crippen LogP contribution in [-0.2, 0) is 24.3 Å². The number of hydroxylamine groups is 1. The van der Waals surface area contributed by atoms with Gasteiger partial charge < -0.3 is 15.2 Å². The van der Waals surface area contributed by atoms with E-state index in [2.05, 4.69) is 55.5 Å². The summed E-state index contributed by atoms with van der Waals surface area (Å²) in [5.74, 6) is -0.153. The van der Waals surface area contributed by atoms with E-state index < -0.39 is 5.91 Å². The summed E-state index contributed by atoms with van der Waals surface area (Å²) < 4.78 is 0. The molecule has 34 heavy (non-hydrogen) atoms. The average molecular weight is 457 g/mol. The van der Waals surface area contributed by atoms with Crippen molar-refractivity contribution >= 4 is 28.7 Å². The summed E-state index contributed by atoms with van der Waals surface area (Å²) in [6.45, 7) is 3.41. The molecule has 1 aliphatic heterocycles. The molecular weight excluding hydrogens is 432 g/mol. The molecule has 9 heteroatoms. The molecule has 0 saturated heterocycles. The molecule has 0 unspecified atom stereocenters. The normalized spacial score (nSPS) is 12.9. The molecule has 4 N–H and O–H groups in total. The molecule has 9 nitrogen and oxygen atoms in total. The summed E-state index contributed by atoms with van der Waals surface area (Å²) in [7, 11) is 0. The summed E-state index contributed by atoms with van der Waals surface area (Å²) in [6, 6.07) is 14.6. The first-order chi connectivity index (χ1) is 16.5. The van der Waals surface area contributed by atoms with Crippen molar-refractivity contribution in [2.75, 3.05) is 11.4 Å². The van der Waals surface area contributed by atoms with Crippen LogP contribution in [0.15, 0.2) is 54.9 Å². The molecule has 2 amide bonds. The number of anilines is 1. The number of hydrogen-bond acceptors (Lipinski definition) is 6. The molecule has 0 fully saturated rings. The van der Waals surface area contributed by atoms with Gasteiger partial charge in [-0.3, -0.25) is 14.8 Å². The fraction of sp³-hybridized carbons (Fsp3) is 0.200. The summed E-state index contributed by atoms with van der Waals surface area (Å²) in [6.07, 6.45) is 3.64. The number of carbonyl (C=O) groups is 2. The average Bonchev–Trinajstić information content (AvgIpc) is 3.24. The van der Waals surface area contributed by atoms with E-state index in [9.17, 15) is 9.59 Å². The Morgan fingerprint density at radius 2 is 1.91 bits per heavy atom. The number of H-pyrrole nitrogens is 1. The third kappa shape index (κ3) is 4.20. The van der Waals surface area contributed by atoms with Gasteiger partial charge in [-0.25, -0.2) is 15.4 Å². The van der Waals surface area contributed by atoms with Crippen LogP contribution in [0, 0.1) is 0 Å². The van der Waals surface area contributed by atoms with Crippen LogP contribution in [0.1, 0.15) is 34.1 Å². The monoisotopic (exact) mass is 456 g/mol. The number of aromatic amines is 1. The number of benzene rings is 2. The maximum atomic E-state index is 11.5. The smallest absolute Gasteiger partial charge is 0.277 e. The predicted molar refractivity (Wildman–Crippen MR) is 127 cm³/mol. The van der Waals surface area contributed by atoms with E-state index in [1.807, 2.05) is 12.1 Å². The number of carbonyl (C=O) groups excluding carboxylic acids is 2. The Balaban J connectivity index is 1.43. The molecule has 0 aliphatic carbocycles. The van der Waals surface area contributed by atoms with Crippen LogP contribution in [0.4, 0.5) is 5.95 Å². The molecule has 0 spiro atoms. The summed E-state index contributed by atoms with van der Waals surface area (Å²) >= 11 is 0. The van der Waals surface area contributed by atoms with E-state index in [0.29, 0.717) is 19.0 Å². The van der Waals surface area contributed by atoms with Gasteiger partial charge in [-0.15, -0.1) is 0 Å². The van der Waals surface area contributed by atoms with Crippen LogP contribution < -0.4 is 15.7 Å². The second-order valence-electron chi connectivity index (χ2n) is 8.34. The SMILES string of the molecule is CC(=O)NCc1cccc(-c2ccc3[nH]c4c(c3c2)CN(c2ncc(C(=O)NO)cn2)CC4)c1. The first-order valence-electron chi connectivity index (χ1n) is 11.0. The fourth-order valence-electron chi connectivity index (χ4n) is 4.32. The van der Waals surface area contributed by atoms with Crippen molar-refractivity contribution in [3.05, 3.63) is 77.2 Å². The van der Waals surface area contributed by atoms with Crippen molar-refractivity contribution in [3.63, 3.8) is 0 Å². The molecule has 0 bridgehead atoms. The third-order valence-electron chi connectivity index (χ3n) is 6.06. The maximum absolute atomic E-state index is 11.5. The van der Waals surface area contributed by atoms with Crippen molar-refractivity contribution in [2.24, 2.45) is 0 Å². The number of rotatable bonds is 5. The number of nitrogens with zero attached hydrogens (tertiary/aromatic N) is 3. The molecule has 3 heterocycles. The van der Waals surface area contributed by atoms with Crippen LogP contribution >= 0.6 is 0 Å². The van der Waals surface area contributed by atoms with Gasteiger partial charge in [-0.2, -0.15) is 0 Å². The van der Waals surface area contributed by atoms with Crippen molar-refractivity contribution < 1.29 is 14.8 Å². The highest BCUT2D eigenvalue weighted by molar-refractivity contribution is 5.93. The first kappa shape index (κ1) is 21.6. The lowest BCUT2D eigenvalue weighted by Crippen LogP contribution is -2.31. The van der Waals surface area contributed by atoms with Crippen LogP contribution in [0.25, 0.3) is 22.0 Å². The molecule has 0 radical (unpaired) electrons. The standard InChI is InChI=1S/C25H24N6O3/c1-15(32)26-11-16-3-2-4-17(9-16)18-5-6-22-20(10-18)21-14-31(8-7-23(21)29-22)25-27-12-19(13-28-25)24(33)30-34/h2-6,9-10,12-13,29,34H,7-8,11,14H2,1H3,(H,26,32)(H,30,33). The Kier molecular flexibility index (Phi) is 5.69. The quantitative estimate of drug-likeness (QED) is 0.270. The lowest BCUT2D eigenvalue weighted by molar-refractivity contribution is -0.119. The van der Waals surface area contributed by atoms with Gasteiger partial charge in [0.2, 0.25) is 11.9 Å². The van der Waals surface area contributed by atoms with Crippen molar-refractivity contribution in [3.8, 4) is 11.1 Å². The minimum atomic E-state index is -0.641. The lowest BCUT2D eigenvalue weighted by atomic mass is 9.99. The molecule has 172 valence electrons. The fourth-order valence-corrected chi connectivity index (χ4v) is 4.32. The Bertz CT molecular complexity index is 1380. The highest BCUT2D eigenvalue weighted by Gasteiger charge is 2.23. The highest BCUT2D eigenvalue weighted by Crippen LogP contribution is 2.32. The van der Waals surface area contributed by atoms with Crippen LogP contribution in [0.3, 0.4) is 0 Å². The zero-order valence-corrected chi connectivity index (χ0v) is 18.6. The van der Waals surface area contributed by atoms with E-state index in [1.54, 1.807) is 5.48 Å². The molecule has 2 aromatic carbocycles. The topological polar surface area (TPSA) is 123 Å². The van der Waals surface area contributed by atoms with Gasteiger partial charge in [0.05, 0.1) is 5.56 Å². The van der Waals surface area contributed by atoms with Gasteiger partial charge in [0, 0.05) is 67.5 Å². The van der Waals surface area contributed by atoms with Crippen LogP contribution in [0.2, 0.25) is 0 Å². The van der Waals surface area contributed by atoms with Crippen molar-refractivity contribution in [2.45, 2.75) is 26.4 Å². The van der Waals surface area contributed by atoms with Gasteiger partial charge in [0.25, 0.3) is 5.91 Å². The summed E-state index contributed by atoms with van der Waals surface area (Å²) in [5, 5.41) is 12.8. The third-order valence-corrected chi connectivity index (χ3v) is 6.06. The molecule has 0 saturated carbocycles. The molecule has 2 aromatic heterocycles. The Labute approximate surface area is 195 Å². The van der Waals surface area contributed by atoms with E-state index in [0.717, 1.165) is 40.6 Å². The van der Waals surface area contributed by atoms with E-state index in [4.69, 9.17) is 5.21 Å². The minimum absolute atomic E-state index is 0.0504. The number of aromatic nitrogens is 3. The number of amides is 2. The van der Waals surface area contributed by atoms with Gasteiger partial charge in [0.15, 0.2) is 0 Å². The molecule has 0 atom stereocenters. The number of fused-ring (bicyclic) bond motifs is 3. The van der Waals surface area contributed by atoms with Gasteiger partial charge in [-0.05, 0) is 34.9 Å². The van der Waals surface area contributed by atoms with Gasteiger partial charge >= 0.3 is 0 Å². The zero-order chi connectivity index (χ0) is 23.7. The van der Waals surface area contributed by atoms with Gasteiger partial charge in [0.1, 0.15) is 0 Å². The largest absolute Gasteiger partial charge is 0.358 e. The van der Waals surface area contributed by atoms with E-state index >= 15 is 0 Å². The van der Waals surface area contributed by atoms with Crippen LogP contribution in [-0.4, -0.2) is 38.5 Å². The minimum Gasteiger partial charge on any atom is -0.358 e. The number of hydrogen-bond donors (Lipinski definition) is 4. The molecule has 5 rings (SSSR count). The predicted octanol–water partition coefficient (Wildman–Crippen LogP) is 2.94. The second-order valence-corrected chi connectivity index (χ2v) is 8.34. The second kappa shape index (κ2) is 8.95. The first-order valence-corrected chi connectivity index (χ1v) is 11.0. The lowest BCUT2D eigenvalue weighted by Gasteiger charge is -2.27. The Morgan fingerprint density at radius 1 is 1.12 bits per heavy atom. The molecule has 4 aromatic rings. The zero-order valence-electron chi connectivity index (χ0n) is 18.6.